The van der Waals surface area contributed by atoms with Crippen molar-refractivity contribution in [1.82, 2.24) is 9.97 Å². The van der Waals surface area contributed by atoms with Crippen LogP contribution in [-0.2, 0) is 37.7 Å². The van der Waals surface area contributed by atoms with Crippen LogP contribution >= 0.6 is 0 Å². The van der Waals surface area contributed by atoms with E-state index in [1.54, 1.807) is 0 Å². The van der Waals surface area contributed by atoms with E-state index in [0.717, 1.165) is 83.2 Å². The Balaban J connectivity index is 0.000000242. The second-order valence-corrected chi connectivity index (χ2v) is 13.9. The smallest absolute Gasteiger partial charge is 0.164 e. The molecule has 1 N–H and O–H groups in total. The maximum Gasteiger partial charge on any atom is 0.164 e. The quantitative estimate of drug-likeness (QED) is 0.0890. The van der Waals surface area contributed by atoms with E-state index < -0.39 is 0 Å². The molecule has 0 spiro atoms. The first-order chi connectivity index (χ1) is 24.2. The van der Waals surface area contributed by atoms with Crippen LogP contribution in [0, 0.1) is 16.9 Å². The molecule has 1 aliphatic carbocycles. The van der Waals surface area contributed by atoms with Crippen LogP contribution in [0.5, 0.6) is 0 Å². The van der Waals surface area contributed by atoms with E-state index in [2.05, 4.69) is 77.8 Å². The number of carbonyl (C=O) groups excluding carboxylic acids is 1. The third-order valence-electron chi connectivity index (χ3n) is 11.2. The van der Waals surface area contributed by atoms with Crippen LogP contribution in [0.2, 0.25) is 0 Å². The van der Waals surface area contributed by atoms with Crippen LogP contribution in [-0.4, -0.2) is 20.9 Å². The number of carbonyl (C=O) groups is 1. The number of benzene rings is 3. The van der Waals surface area contributed by atoms with E-state index in [-0.39, 0.29) is 42.5 Å². The van der Waals surface area contributed by atoms with Crippen LogP contribution in [0.3, 0.4) is 0 Å². The number of hydrogen-bond acceptors (Lipinski definition) is 5. The summed E-state index contributed by atoms with van der Waals surface area (Å²) in [5, 5.41) is 13.5. The van der Waals surface area contributed by atoms with Gasteiger partial charge < -0.3 is 9.52 Å². The number of hydrogen-bond donors (Lipinski definition) is 1. The molecule has 0 saturated carbocycles. The Morgan fingerprint density at radius 2 is 1.49 bits per heavy atom. The van der Waals surface area contributed by atoms with Gasteiger partial charge in [0.15, 0.2) is 5.78 Å². The molecule has 5 nitrogen and oxygen atoms in total. The van der Waals surface area contributed by atoms with E-state index in [4.69, 9.17) is 9.40 Å². The van der Waals surface area contributed by atoms with Gasteiger partial charge in [0, 0.05) is 71.6 Å². The molecule has 6 aromatic rings. The Morgan fingerprint density at radius 3 is 2.20 bits per heavy atom. The molecule has 265 valence electrons. The second-order valence-electron chi connectivity index (χ2n) is 13.9. The predicted molar refractivity (Wildman–Crippen MR) is 205 cm³/mol. The normalized spacial score (nSPS) is 12.8. The van der Waals surface area contributed by atoms with Gasteiger partial charge in [-0.15, -0.1) is 23.6 Å². The molecule has 3 aromatic heterocycles. The van der Waals surface area contributed by atoms with Crippen LogP contribution in [0.25, 0.3) is 55.4 Å². The molecule has 0 bridgehead atoms. The van der Waals surface area contributed by atoms with E-state index in [1.807, 2.05) is 66.1 Å². The van der Waals surface area contributed by atoms with Crippen molar-refractivity contribution in [3.8, 4) is 33.7 Å². The molecule has 3 heterocycles. The Bertz CT molecular complexity index is 2180. The van der Waals surface area contributed by atoms with Crippen molar-refractivity contribution in [2.45, 2.75) is 80.1 Å². The number of rotatable bonds is 9. The first kappa shape index (κ1) is 37.9. The molecule has 3 aromatic carbocycles. The summed E-state index contributed by atoms with van der Waals surface area (Å²) >= 11 is 0. The monoisotopic (exact) mass is 856 g/mol. The number of aliphatic hydroxyl groups is 1. The first-order valence-corrected chi connectivity index (χ1v) is 18.0. The van der Waals surface area contributed by atoms with Gasteiger partial charge in [0.1, 0.15) is 17.1 Å². The summed E-state index contributed by atoms with van der Waals surface area (Å²) in [6.07, 6.45) is 10.3. The molecule has 0 fully saturated rings. The van der Waals surface area contributed by atoms with E-state index in [9.17, 15) is 9.90 Å². The molecule has 1 radical (unpaired) electrons. The van der Waals surface area contributed by atoms with Crippen molar-refractivity contribution in [3.63, 3.8) is 0 Å². The molecule has 0 atom stereocenters. The molecule has 0 saturated heterocycles. The van der Waals surface area contributed by atoms with Gasteiger partial charge in [-0.25, -0.2) is 0 Å². The first-order valence-electron chi connectivity index (χ1n) is 18.0. The Morgan fingerprint density at radius 1 is 0.804 bits per heavy atom. The zero-order chi connectivity index (χ0) is 35.5. The molecular weight excluding hydrogens is 809 g/mol. The van der Waals surface area contributed by atoms with Gasteiger partial charge in [-0.1, -0.05) is 107 Å². The minimum Gasteiger partial charge on any atom is -0.512 e. The summed E-state index contributed by atoms with van der Waals surface area (Å²) in [4.78, 5) is 21.5. The Kier molecular flexibility index (Phi) is 11.8. The van der Waals surface area contributed by atoms with E-state index in [1.165, 1.54) is 28.2 Å². The van der Waals surface area contributed by atoms with Crippen molar-refractivity contribution in [2.75, 3.05) is 0 Å². The van der Waals surface area contributed by atoms with Crippen molar-refractivity contribution < 1.29 is 34.4 Å². The average Bonchev–Trinajstić information content (AvgIpc) is 3.57. The minimum atomic E-state index is -0.337. The molecular formula is C45H47IrN2O3-. The van der Waals surface area contributed by atoms with Gasteiger partial charge in [0.05, 0.1) is 5.69 Å². The van der Waals surface area contributed by atoms with Crippen LogP contribution in [0.1, 0.15) is 78.5 Å². The van der Waals surface area contributed by atoms with Gasteiger partial charge in [-0.3, -0.25) is 14.8 Å². The van der Waals surface area contributed by atoms with Crippen molar-refractivity contribution >= 4 is 27.5 Å². The Labute approximate surface area is 315 Å². The van der Waals surface area contributed by atoms with Gasteiger partial charge in [-0.2, -0.15) is 0 Å². The Hall–Kier alpha value is -4.38. The van der Waals surface area contributed by atoms with Crippen LogP contribution in [0.4, 0.5) is 0 Å². The van der Waals surface area contributed by atoms with Gasteiger partial charge in [0.2, 0.25) is 0 Å². The summed E-state index contributed by atoms with van der Waals surface area (Å²) in [5.41, 5.74) is 7.78. The number of pyridine rings is 2. The van der Waals surface area contributed by atoms with Gasteiger partial charge in [-0.05, 0) is 62.3 Å². The van der Waals surface area contributed by atoms with Crippen molar-refractivity contribution in [3.05, 3.63) is 120 Å². The summed E-state index contributed by atoms with van der Waals surface area (Å²) in [5.74, 6) is 1.21. The number of allylic oxidation sites excluding steroid dienone is 2. The number of aliphatic hydroxyl groups excluding tert-OH is 1. The van der Waals surface area contributed by atoms with Gasteiger partial charge in [0.25, 0.3) is 0 Å². The SMILES string of the molecule is CCC(C)(CC)C(=O)/C=C(\O)C(C)(CC)CC.[Ir].[c-]1c(-c2nccc3c4c(oc23)-c2cccnc2CC4)cc(-c2ccccc2)c2ccccc12. The van der Waals surface area contributed by atoms with Crippen LogP contribution in [0.15, 0.2) is 108 Å². The number of ketones is 1. The number of furan rings is 1. The van der Waals surface area contributed by atoms with E-state index >= 15 is 0 Å². The second kappa shape index (κ2) is 15.9. The number of aryl methyl sites for hydroxylation is 2. The van der Waals surface area contributed by atoms with Crippen molar-refractivity contribution in [1.29, 1.82) is 0 Å². The standard InChI is InChI=1S/C30H19N2O.C15H28O2.Ir/c1-2-7-19(8-3-1)26-18-21(17-20-9-4-5-10-22(20)26)28-30-24(14-16-32-28)23-12-13-27-25(29(23)33-30)11-6-15-31-27;1-7-14(5,8-2)12(16)11-13(17)15(6,9-3)10-4;/h1-11,14-16,18H,12-13H2;11,16H,7-10H2,1-6H3;/q-1;;/b;12-11-;. The number of nitrogens with zero attached hydrogens (tertiary/aromatic N) is 2. The zero-order valence-electron chi connectivity index (χ0n) is 30.5. The minimum absolute atomic E-state index is 0. The van der Waals surface area contributed by atoms with Crippen LogP contribution < -0.4 is 0 Å². The summed E-state index contributed by atoms with van der Waals surface area (Å²) < 4.78 is 6.54. The van der Waals surface area contributed by atoms with Gasteiger partial charge >= 0.3 is 0 Å². The maximum atomic E-state index is 12.2. The van der Waals surface area contributed by atoms with Crippen molar-refractivity contribution in [2.24, 2.45) is 10.8 Å². The fraction of sp³-hybridized carbons (Fsp3) is 0.311. The molecule has 7 rings (SSSR count). The molecule has 0 aliphatic heterocycles. The fourth-order valence-corrected chi connectivity index (χ4v) is 6.72. The average molecular weight is 856 g/mol. The summed E-state index contributed by atoms with van der Waals surface area (Å²) in [6, 6.07) is 30.8. The molecule has 51 heavy (non-hydrogen) atoms. The predicted octanol–water partition coefficient (Wildman–Crippen LogP) is 11.9. The number of fused-ring (bicyclic) bond motifs is 6. The largest absolute Gasteiger partial charge is 0.512 e. The molecule has 0 amide bonds. The third-order valence-corrected chi connectivity index (χ3v) is 11.2. The summed E-state index contributed by atoms with van der Waals surface area (Å²) in [6.45, 7) is 12.1. The topological polar surface area (TPSA) is 76.2 Å². The zero-order valence-corrected chi connectivity index (χ0v) is 32.9. The number of aromatic nitrogens is 2. The third kappa shape index (κ3) is 7.36. The molecule has 6 heteroatoms. The maximum absolute atomic E-state index is 12.2. The molecule has 1 aliphatic rings. The molecule has 0 unspecified atom stereocenters. The summed E-state index contributed by atoms with van der Waals surface area (Å²) in [7, 11) is 0. The fourth-order valence-electron chi connectivity index (χ4n) is 6.72. The van der Waals surface area contributed by atoms with E-state index in [0.29, 0.717) is 0 Å².